The second-order valence-electron chi connectivity index (χ2n) is 11.8. The fraction of sp³-hybridized carbons (Fsp3) is 0.962. The zero-order valence-electron chi connectivity index (χ0n) is 19.7. The predicted octanol–water partition coefficient (Wildman–Crippen LogP) is 6.36. The average Bonchev–Trinajstić information content (AvgIpc) is 2.77. The summed E-state index contributed by atoms with van der Waals surface area (Å²) in [6.45, 7) is 8.21. The molecule has 3 rings (SSSR count). The molecule has 0 radical (unpaired) electrons. The lowest BCUT2D eigenvalue weighted by Crippen LogP contribution is -2.56. The molecule has 29 heavy (non-hydrogen) atoms. The van der Waals surface area contributed by atoms with Crippen LogP contribution in [0.15, 0.2) is 0 Å². The summed E-state index contributed by atoms with van der Waals surface area (Å²) in [5.74, 6) is 1.72. The molecule has 3 heteroatoms. The number of amides is 1. The topological polar surface area (TPSA) is 41.1 Å². The zero-order valence-corrected chi connectivity index (χ0v) is 19.7. The highest BCUT2D eigenvalue weighted by Gasteiger charge is 2.40. The lowest BCUT2D eigenvalue weighted by Gasteiger charge is -2.46. The average molecular weight is 405 g/mol. The van der Waals surface area contributed by atoms with Crippen LogP contribution >= 0.6 is 0 Å². The lowest BCUT2D eigenvalue weighted by atomic mass is 9.70. The van der Waals surface area contributed by atoms with E-state index in [1.807, 2.05) is 0 Å². The van der Waals surface area contributed by atoms with Crippen LogP contribution in [0.5, 0.6) is 0 Å². The van der Waals surface area contributed by atoms with E-state index in [0.717, 1.165) is 18.9 Å². The Morgan fingerprint density at radius 2 is 1.52 bits per heavy atom. The summed E-state index contributed by atoms with van der Waals surface area (Å²) in [7, 11) is 0. The Bertz CT molecular complexity index is 491. The first-order valence-electron chi connectivity index (χ1n) is 12.9. The van der Waals surface area contributed by atoms with Gasteiger partial charge in [0.05, 0.1) is 0 Å². The first-order valence-corrected chi connectivity index (χ1v) is 12.9. The van der Waals surface area contributed by atoms with Gasteiger partial charge in [-0.2, -0.15) is 0 Å². The highest BCUT2D eigenvalue weighted by Crippen LogP contribution is 2.39. The molecule has 0 aromatic carbocycles. The Hall–Kier alpha value is -0.570. The van der Waals surface area contributed by atoms with Crippen molar-refractivity contribution >= 4 is 5.91 Å². The molecule has 1 atom stereocenters. The number of carbonyl (C=O) groups is 1. The van der Waals surface area contributed by atoms with Crippen molar-refractivity contribution < 1.29 is 4.79 Å². The molecule has 168 valence electrons. The third-order valence-electron chi connectivity index (χ3n) is 8.03. The van der Waals surface area contributed by atoms with Crippen molar-refractivity contribution in [2.75, 3.05) is 6.54 Å². The molecule has 0 aromatic rings. The van der Waals surface area contributed by atoms with Crippen molar-refractivity contribution in [2.24, 2.45) is 17.3 Å². The Labute approximate surface area is 180 Å². The molecule has 2 aliphatic carbocycles. The van der Waals surface area contributed by atoms with E-state index >= 15 is 0 Å². The molecule has 2 N–H and O–H groups in total. The van der Waals surface area contributed by atoms with Gasteiger partial charge in [-0.3, -0.25) is 4.79 Å². The summed E-state index contributed by atoms with van der Waals surface area (Å²) in [6, 6.07) is 0.423. The fourth-order valence-corrected chi connectivity index (χ4v) is 6.59. The zero-order chi connectivity index (χ0) is 20.7. The Morgan fingerprint density at radius 1 is 0.897 bits per heavy atom. The van der Waals surface area contributed by atoms with Gasteiger partial charge in [0.15, 0.2) is 0 Å². The number of piperidine rings is 1. The van der Waals surface area contributed by atoms with Crippen molar-refractivity contribution in [3.8, 4) is 0 Å². The summed E-state index contributed by atoms with van der Waals surface area (Å²) in [5, 5.41) is 7.38. The van der Waals surface area contributed by atoms with Gasteiger partial charge in [-0.25, -0.2) is 0 Å². The van der Waals surface area contributed by atoms with Gasteiger partial charge < -0.3 is 10.6 Å². The van der Waals surface area contributed by atoms with Crippen LogP contribution in [0.3, 0.4) is 0 Å². The number of nitrogens with one attached hydrogen (secondary N) is 2. The lowest BCUT2D eigenvalue weighted by molar-refractivity contribution is -0.124. The van der Waals surface area contributed by atoms with E-state index in [2.05, 4.69) is 31.4 Å². The number of rotatable bonds is 4. The van der Waals surface area contributed by atoms with E-state index in [0.29, 0.717) is 23.3 Å². The maximum absolute atomic E-state index is 13.0. The maximum Gasteiger partial charge on any atom is 0.220 e. The molecule has 2 saturated carbocycles. The van der Waals surface area contributed by atoms with Crippen molar-refractivity contribution in [1.82, 2.24) is 10.6 Å². The van der Waals surface area contributed by atoms with E-state index < -0.39 is 0 Å². The number of carbonyl (C=O) groups excluding carboxylic acids is 1. The van der Waals surface area contributed by atoms with Crippen LogP contribution in [0, 0.1) is 17.3 Å². The normalized spacial score (nSPS) is 31.5. The van der Waals surface area contributed by atoms with Gasteiger partial charge in [-0.05, 0) is 81.6 Å². The standard InChI is InChI=1S/C26H48N2O/c1-25(2,3)20-21-12-14-23(15-13-21)28-24(29)19-22-11-10-18-27-26(22)16-8-6-4-5-7-9-17-26/h21-23,27H,4-20H2,1-3H3,(H,28,29)/t21-,22?,23-. The van der Waals surface area contributed by atoms with Crippen molar-refractivity contribution in [2.45, 2.75) is 135 Å². The predicted molar refractivity (Wildman–Crippen MR) is 123 cm³/mol. The van der Waals surface area contributed by atoms with Gasteiger partial charge in [0, 0.05) is 18.0 Å². The molecule has 1 unspecified atom stereocenters. The van der Waals surface area contributed by atoms with E-state index in [9.17, 15) is 4.79 Å². The summed E-state index contributed by atoms with van der Waals surface area (Å²) in [6.07, 6.45) is 20.3. The van der Waals surface area contributed by atoms with Crippen LogP contribution in [-0.2, 0) is 4.79 Å². The van der Waals surface area contributed by atoms with E-state index in [4.69, 9.17) is 0 Å². The summed E-state index contributed by atoms with van der Waals surface area (Å²) < 4.78 is 0. The van der Waals surface area contributed by atoms with Gasteiger partial charge in [0.25, 0.3) is 0 Å². The molecule has 3 aliphatic rings. The molecule has 1 saturated heterocycles. The van der Waals surface area contributed by atoms with Crippen LogP contribution < -0.4 is 10.6 Å². The highest BCUT2D eigenvalue weighted by atomic mass is 16.1. The molecule has 1 spiro atoms. The summed E-state index contributed by atoms with van der Waals surface area (Å²) in [5.41, 5.74) is 0.670. The van der Waals surface area contributed by atoms with Crippen LogP contribution in [0.25, 0.3) is 0 Å². The van der Waals surface area contributed by atoms with Gasteiger partial charge >= 0.3 is 0 Å². The molecule has 1 amide bonds. The smallest absolute Gasteiger partial charge is 0.220 e. The van der Waals surface area contributed by atoms with Crippen LogP contribution in [0.1, 0.15) is 124 Å². The molecule has 1 aliphatic heterocycles. The summed E-state index contributed by atoms with van der Waals surface area (Å²) >= 11 is 0. The molecular weight excluding hydrogens is 356 g/mol. The quantitative estimate of drug-likeness (QED) is 0.572. The summed E-state index contributed by atoms with van der Waals surface area (Å²) in [4.78, 5) is 13.0. The molecule has 3 fully saturated rings. The fourth-order valence-electron chi connectivity index (χ4n) is 6.59. The minimum atomic E-state index is 0.240. The molecule has 1 heterocycles. The van der Waals surface area contributed by atoms with Crippen molar-refractivity contribution in [1.29, 1.82) is 0 Å². The van der Waals surface area contributed by atoms with Gasteiger partial charge in [-0.1, -0.05) is 59.3 Å². The molecule has 3 nitrogen and oxygen atoms in total. The van der Waals surface area contributed by atoms with Gasteiger partial charge in [-0.15, -0.1) is 0 Å². The van der Waals surface area contributed by atoms with Crippen molar-refractivity contribution in [3.63, 3.8) is 0 Å². The number of hydrogen-bond donors (Lipinski definition) is 2. The molecular formula is C26H48N2O. The van der Waals surface area contributed by atoms with E-state index in [1.54, 1.807) is 0 Å². The Balaban J connectivity index is 1.49. The maximum atomic E-state index is 13.0. The first-order chi connectivity index (χ1) is 13.9. The van der Waals surface area contributed by atoms with E-state index in [1.165, 1.54) is 96.3 Å². The second-order valence-corrected chi connectivity index (χ2v) is 11.8. The van der Waals surface area contributed by atoms with Crippen molar-refractivity contribution in [3.05, 3.63) is 0 Å². The van der Waals surface area contributed by atoms with Crippen LogP contribution in [0.2, 0.25) is 0 Å². The van der Waals surface area contributed by atoms with Crippen LogP contribution in [0.4, 0.5) is 0 Å². The Morgan fingerprint density at radius 3 is 2.14 bits per heavy atom. The first kappa shape index (κ1) is 23.1. The minimum Gasteiger partial charge on any atom is -0.353 e. The SMILES string of the molecule is CC(C)(C)C[C@H]1CC[C@H](NC(=O)CC2CCCNC23CCCCCCCC3)CC1. The monoisotopic (exact) mass is 404 g/mol. The van der Waals surface area contributed by atoms with E-state index in [-0.39, 0.29) is 5.54 Å². The largest absolute Gasteiger partial charge is 0.353 e. The van der Waals surface area contributed by atoms with Crippen LogP contribution in [-0.4, -0.2) is 24.0 Å². The van der Waals surface area contributed by atoms with Gasteiger partial charge in [0.1, 0.15) is 0 Å². The highest BCUT2D eigenvalue weighted by molar-refractivity contribution is 5.76. The number of hydrogen-bond acceptors (Lipinski definition) is 2. The Kier molecular flexibility index (Phi) is 8.48. The second kappa shape index (κ2) is 10.6. The third kappa shape index (κ3) is 7.26. The molecule has 0 aromatic heterocycles. The minimum absolute atomic E-state index is 0.240. The molecule has 0 bridgehead atoms. The van der Waals surface area contributed by atoms with Gasteiger partial charge in [0.2, 0.25) is 5.91 Å². The third-order valence-corrected chi connectivity index (χ3v) is 8.03.